The summed E-state index contributed by atoms with van der Waals surface area (Å²) in [6.45, 7) is 11.6. The minimum atomic E-state index is 0.465. The molecule has 0 unspecified atom stereocenters. The lowest BCUT2D eigenvalue weighted by Crippen LogP contribution is -2.22. The highest BCUT2D eigenvalue weighted by molar-refractivity contribution is 9.10. The molecule has 20 heavy (non-hydrogen) atoms. The van der Waals surface area contributed by atoms with Gasteiger partial charge in [-0.1, -0.05) is 43.1 Å². The zero-order valence-corrected chi connectivity index (χ0v) is 14.6. The molecular formula is C17H24BrNO. The standard InChI is InChI=1S/C17H24BrNO/c1-6-7-13-15(9-19-10(2)3)20-14-8-11(4)17(18)12(5)16(13)14/h8,10,19H,6-7,9H2,1-5H3. The Bertz CT molecular complexity index is 613. The summed E-state index contributed by atoms with van der Waals surface area (Å²) in [5.41, 5.74) is 4.92. The van der Waals surface area contributed by atoms with Crippen molar-refractivity contribution < 1.29 is 4.42 Å². The Morgan fingerprint density at radius 1 is 1.30 bits per heavy atom. The van der Waals surface area contributed by atoms with Crippen molar-refractivity contribution in [2.24, 2.45) is 0 Å². The highest BCUT2D eigenvalue weighted by atomic mass is 79.9. The van der Waals surface area contributed by atoms with Gasteiger partial charge in [-0.05, 0) is 37.5 Å². The average Bonchev–Trinajstić information content (AvgIpc) is 2.72. The molecule has 0 aliphatic heterocycles. The molecule has 0 saturated heterocycles. The number of hydrogen-bond acceptors (Lipinski definition) is 2. The van der Waals surface area contributed by atoms with Gasteiger partial charge in [0.2, 0.25) is 0 Å². The van der Waals surface area contributed by atoms with Crippen LogP contribution in [0, 0.1) is 13.8 Å². The fraction of sp³-hybridized carbons (Fsp3) is 0.529. The third kappa shape index (κ3) is 2.94. The molecule has 0 aliphatic rings. The number of fused-ring (bicyclic) bond motifs is 1. The lowest BCUT2D eigenvalue weighted by Gasteiger charge is -2.08. The van der Waals surface area contributed by atoms with Gasteiger partial charge in [-0.3, -0.25) is 0 Å². The van der Waals surface area contributed by atoms with Crippen LogP contribution in [-0.2, 0) is 13.0 Å². The van der Waals surface area contributed by atoms with Gasteiger partial charge in [0, 0.05) is 21.5 Å². The maximum absolute atomic E-state index is 6.14. The molecule has 2 nitrogen and oxygen atoms in total. The molecule has 1 aromatic heterocycles. The van der Waals surface area contributed by atoms with Crippen LogP contribution in [0.5, 0.6) is 0 Å². The first-order valence-corrected chi connectivity index (χ1v) is 8.18. The zero-order valence-electron chi connectivity index (χ0n) is 13.1. The summed E-state index contributed by atoms with van der Waals surface area (Å²) < 4.78 is 7.34. The lowest BCUT2D eigenvalue weighted by molar-refractivity contribution is 0.482. The quantitative estimate of drug-likeness (QED) is 0.804. The van der Waals surface area contributed by atoms with Crippen LogP contribution in [0.2, 0.25) is 0 Å². The molecule has 0 aliphatic carbocycles. The monoisotopic (exact) mass is 337 g/mol. The summed E-state index contributed by atoms with van der Waals surface area (Å²) in [6.07, 6.45) is 2.20. The van der Waals surface area contributed by atoms with Crippen LogP contribution in [-0.4, -0.2) is 6.04 Å². The second kappa shape index (κ2) is 6.31. The molecule has 0 bridgehead atoms. The fourth-order valence-corrected chi connectivity index (χ4v) is 2.98. The van der Waals surface area contributed by atoms with Crippen LogP contribution in [0.3, 0.4) is 0 Å². The first kappa shape index (κ1) is 15.6. The fourth-order valence-electron chi connectivity index (χ4n) is 2.67. The van der Waals surface area contributed by atoms with Crippen molar-refractivity contribution in [3.63, 3.8) is 0 Å². The van der Waals surface area contributed by atoms with Gasteiger partial charge in [0.25, 0.3) is 0 Å². The Morgan fingerprint density at radius 3 is 2.60 bits per heavy atom. The number of aryl methyl sites for hydroxylation is 3. The predicted molar refractivity (Wildman–Crippen MR) is 89.4 cm³/mol. The Balaban J connectivity index is 2.57. The number of rotatable bonds is 5. The maximum Gasteiger partial charge on any atom is 0.135 e. The van der Waals surface area contributed by atoms with Crippen LogP contribution in [0.15, 0.2) is 15.0 Å². The average molecular weight is 338 g/mol. The number of nitrogens with one attached hydrogen (secondary N) is 1. The third-order valence-corrected chi connectivity index (χ3v) is 4.91. The number of halogens is 1. The molecule has 3 heteroatoms. The molecule has 0 spiro atoms. The van der Waals surface area contributed by atoms with E-state index in [2.05, 4.69) is 61.9 Å². The number of hydrogen-bond donors (Lipinski definition) is 1. The second-order valence-corrected chi connectivity index (χ2v) is 6.59. The van der Waals surface area contributed by atoms with E-state index in [0.29, 0.717) is 6.04 Å². The highest BCUT2D eigenvalue weighted by Gasteiger charge is 2.18. The molecule has 1 heterocycles. The van der Waals surface area contributed by atoms with Crippen LogP contribution in [0.25, 0.3) is 11.0 Å². The van der Waals surface area contributed by atoms with Gasteiger partial charge >= 0.3 is 0 Å². The molecule has 2 rings (SSSR count). The van der Waals surface area contributed by atoms with Gasteiger partial charge < -0.3 is 9.73 Å². The molecule has 1 N–H and O–H groups in total. The molecule has 0 atom stereocenters. The topological polar surface area (TPSA) is 25.2 Å². The maximum atomic E-state index is 6.14. The van der Waals surface area contributed by atoms with E-state index in [9.17, 15) is 0 Å². The minimum absolute atomic E-state index is 0.465. The van der Waals surface area contributed by atoms with Gasteiger partial charge in [0.1, 0.15) is 11.3 Å². The summed E-state index contributed by atoms with van der Waals surface area (Å²) >= 11 is 3.70. The Kier molecular flexibility index (Phi) is 4.92. The predicted octanol–water partition coefficient (Wildman–Crippen LogP) is 5.26. The highest BCUT2D eigenvalue weighted by Crippen LogP contribution is 2.35. The van der Waals surface area contributed by atoms with Gasteiger partial charge in [0.05, 0.1) is 6.54 Å². The Labute approximate surface area is 130 Å². The Morgan fingerprint density at radius 2 is 2.00 bits per heavy atom. The van der Waals surface area contributed by atoms with E-state index in [-0.39, 0.29) is 0 Å². The Hall–Kier alpha value is -0.800. The molecular weight excluding hydrogens is 314 g/mol. The lowest BCUT2D eigenvalue weighted by atomic mass is 10.00. The van der Waals surface area contributed by atoms with Crippen LogP contribution >= 0.6 is 15.9 Å². The summed E-state index contributed by atoms with van der Waals surface area (Å²) in [7, 11) is 0. The van der Waals surface area contributed by atoms with Gasteiger partial charge in [-0.15, -0.1) is 0 Å². The summed E-state index contributed by atoms with van der Waals surface area (Å²) in [6, 6.07) is 2.61. The van der Waals surface area contributed by atoms with Crippen molar-refractivity contribution in [1.82, 2.24) is 5.32 Å². The van der Waals surface area contributed by atoms with Crippen molar-refractivity contribution in [3.8, 4) is 0 Å². The van der Waals surface area contributed by atoms with E-state index >= 15 is 0 Å². The van der Waals surface area contributed by atoms with Crippen molar-refractivity contribution >= 4 is 26.9 Å². The number of benzene rings is 1. The summed E-state index contributed by atoms with van der Waals surface area (Å²) in [5.74, 6) is 1.09. The van der Waals surface area contributed by atoms with E-state index in [4.69, 9.17) is 4.42 Å². The zero-order chi connectivity index (χ0) is 14.9. The molecule has 110 valence electrons. The number of furan rings is 1. The van der Waals surface area contributed by atoms with Gasteiger partial charge in [0.15, 0.2) is 0 Å². The minimum Gasteiger partial charge on any atom is -0.459 e. The van der Waals surface area contributed by atoms with Crippen molar-refractivity contribution in [2.45, 2.75) is 60.0 Å². The normalized spacial score (nSPS) is 11.8. The molecule has 0 fully saturated rings. The molecule has 0 saturated carbocycles. The first-order valence-electron chi connectivity index (χ1n) is 7.39. The smallest absolute Gasteiger partial charge is 0.135 e. The molecule has 0 radical (unpaired) electrons. The first-order chi connectivity index (χ1) is 9.45. The van der Waals surface area contributed by atoms with E-state index < -0.39 is 0 Å². The van der Waals surface area contributed by atoms with Crippen LogP contribution in [0.4, 0.5) is 0 Å². The van der Waals surface area contributed by atoms with Gasteiger partial charge in [-0.2, -0.15) is 0 Å². The van der Waals surface area contributed by atoms with Gasteiger partial charge in [-0.25, -0.2) is 0 Å². The van der Waals surface area contributed by atoms with Crippen LogP contribution in [0.1, 0.15) is 49.6 Å². The SMILES string of the molecule is CCCc1c(CNC(C)C)oc2cc(C)c(Br)c(C)c12. The second-order valence-electron chi connectivity index (χ2n) is 5.79. The van der Waals surface area contributed by atoms with Crippen molar-refractivity contribution in [1.29, 1.82) is 0 Å². The summed E-state index contributed by atoms with van der Waals surface area (Å²) in [4.78, 5) is 0. The molecule has 1 aromatic carbocycles. The molecule has 2 aromatic rings. The van der Waals surface area contributed by atoms with E-state index in [1.165, 1.54) is 26.5 Å². The van der Waals surface area contributed by atoms with Crippen molar-refractivity contribution in [3.05, 3.63) is 33.0 Å². The van der Waals surface area contributed by atoms with E-state index in [1.807, 2.05) is 0 Å². The largest absolute Gasteiger partial charge is 0.459 e. The van der Waals surface area contributed by atoms with Crippen molar-refractivity contribution in [2.75, 3.05) is 0 Å². The third-order valence-electron chi connectivity index (χ3n) is 3.69. The molecule has 0 amide bonds. The van der Waals surface area contributed by atoms with Crippen LogP contribution < -0.4 is 5.32 Å². The van der Waals surface area contributed by atoms with E-state index in [1.54, 1.807) is 0 Å². The summed E-state index contributed by atoms with van der Waals surface area (Å²) in [5, 5.41) is 4.76. The van der Waals surface area contributed by atoms with E-state index in [0.717, 1.165) is 30.7 Å².